The Kier molecular flexibility index (Phi) is 3.67. The molecule has 5 nitrogen and oxygen atoms in total. The van der Waals surface area contributed by atoms with Crippen molar-refractivity contribution < 1.29 is 9.53 Å². The first-order valence-electron chi connectivity index (χ1n) is 6.84. The summed E-state index contributed by atoms with van der Waals surface area (Å²) < 4.78 is 6.75. The van der Waals surface area contributed by atoms with Gasteiger partial charge in [0.05, 0.1) is 5.69 Å². The molecule has 1 saturated carbocycles. The van der Waals surface area contributed by atoms with Gasteiger partial charge in [-0.05, 0) is 46.6 Å². The van der Waals surface area contributed by atoms with E-state index in [-0.39, 0.29) is 11.5 Å². The molecule has 0 aromatic carbocycles. The van der Waals surface area contributed by atoms with E-state index in [0.29, 0.717) is 6.54 Å². The average Bonchev–Trinajstić information content (AvgIpc) is 2.70. The van der Waals surface area contributed by atoms with Gasteiger partial charge in [0.25, 0.3) is 0 Å². The molecule has 1 aromatic heterocycles. The zero-order valence-corrected chi connectivity index (χ0v) is 12.0. The number of ether oxygens (including phenoxy) is 1. The lowest BCUT2D eigenvalue weighted by Gasteiger charge is -2.40. The van der Waals surface area contributed by atoms with E-state index in [2.05, 4.69) is 4.98 Å². The molecule has 1 aliphatic carbocycles. The summed E-state index contributed by atoms with van der Waals surface area (Å²) >= 11 is 0. The molecule has 0 aliphatic heterocycles. The van der Waals surface area contributed by atoms with Crippen molar-refractivity contribution in [3.63, 3.8) is 0 Å². The Morgan fingerprint density at radius 2 is 2.21 bits per heavy atom. The standard InChI is InChI=1S/C14H23N3O2/c1-13(2,3)19-12(18)17-9-11(16-10-17)14(7-8-15)5-4-6-14/h9-10H,4-8,15H2,1-3H3. The van der Waals surface area contributed by atoms with Crippen molar-refractivity contribution in [1.29, 1.82) is 0 Å². The van der Waals surface area contributed by atoms with E-state index in [1.165, 1.54) is 11.0 Å². The number of hydrogen-bond donors (Lipinski definition) is 1. The summed E-state index contributed by atoms with van der Waals surface area (Å²) in [6.07, 6.45) is 7.31. The van der Waals surface area contributed by atoms with Gasteiger partial charge in [0, 0.05) is 11.6 Å². The van der Waals surface area contributed by atoms with Gasteiger partial charge in [-0.25, -0.2) is 14.3 Å². The van der Waals surface area contributed by atoms with E-state index >= 15 is 0 Å². The van der Waals surface area contributed by atoms with Crippen LogP contribution < -0.4 is 5.73 Å². The van der Waals surface area contributed by atoms with Crippen molar-refractivity contribution in [1.82, 2.24) is 9.55 Å². The third-order valence-electron chi connectivity index (χ3n) is 3.66. The summed E-state index contributed by atoms with van der Waals surface area (Å²) in [6, 6.07) is 0. The minimum atomic E-state index is -0.493. The minimum absolute atomic E-state index is 0.0853. The number of nitrogens with zero attached hydrogens (tertiary/aromatic N) is 2. The summed E-state index contributed by atoms with van der Waals surface area (Å²) in [7, 11) is 0. The predicted molar refractivity (Wildman–Crippen MR) is 73.1 cm³/mol. The lowest BCUT2D eigenvalue weighted by atomic mass is 9.65. The lowest BCUT2D eigenvalue weighted by molar-refractivity contribution is 0.0536. The Morgan fingerprint density at radius 3 is 2.68 bits per heavy atom. The highest BCUT2D eigenvalue weighted by Gasteiger charge is 2.40. The molecule has 1 aromatic rings. The Hall–Kier alpha value is -1.36. The highest BCUT2D eigenvalue weighted by molar-refractivity contribution is 5.70. The second kappa shape index (κ2) is 4.96. The summed E-state index contributed by atoms with van der Waals surface area (Å²) in [4.78, 5) is 16.3. The number of nitrogens with two attached hydrogens (primary N) is 1. The highest BCUT2D eigenvalue weighted by Crippen LogP contribution is 2.45. The molecule has 0 amide bonds. The maximum absolute atomic E-state index is 11.9. The van der Waals surface area contributed by atoms with Crippen molar-refractivity contribution in [2.75, 3.05) is 6.54 Å². The second-order valence-electron chi connectivity index (χ2n) is 6.32. The van der Waals surface area contributed by atoms with Crippen LogP contribution in [0, 0.1) is 0 Å². The van der Waals surface area contributed by atoms with Crippen LogP contribution in [-0.2, 0) is 10.2 Å². The third-order valence-corrected chi connectivity index (χ3v) is 3.66. The van der Waals surface area contributed by atoms with E-state index in [4.69, 9.17) is 10.5 Å². The zero-order valence-electron chi connectivity index (χ0n) is 12.0. The maximum Gasteiger partial charge on any atom is 0.419 e. The van der Waals surface area contributed by atoms with Crippen LogP contribution in [-0.4, -0.2) is 27.8 Å². The van der Waals surface area contributed by atoms with Gasteiger partial charge in [-0.3, -0.25) is 0 Å². The Morgan fingerprint density at radius 1 is 1.53 bits per heavy atom. The van der Waals surface area contributed by atoms with Gasteiger partial charge in [0.15, 0.2) is 0 Å². The molecule has 1 fully saturated rings. The van der Waals surface area contributed by atoms with Gasteiger partial charge in [0.2, 0.25) is 0 Å². The van der Waals surface area contributed by atoms with Gasteiger partial charge in [-0.2, -0.15) is 0 Å². The Balaban J connectivity index is 2.12. The average molecular weight is 265 g/mol. The van der Waals surface area contributed by atoms with Crippen LogP contribution in [0.3, 0.4) is 0 Å². The number of imidazole rings is 1. The molecule has 1 aliphatic rings. The number of hydrogen-bond acceptors (Lipinski definition) is 4. The maximum atomic E-state index is 11.9. The van der Waals surface area contributed by atoms with Crippen LogP contribution in [0.15, 0.2) is 12.5 Å². The van der Waals surface area contributed by atoms with E-state index in [1.54, 1.807) is 12.5 Å². The van der Waals surface area contributed by atoms with E-state index in [0.717, 1.165) is 25.0 Å². The molecule has 0 atom stereocenters. The summed E-state index contributed by atoms with van der Waals surface area (Å²) in [5.41, 5.74) is 6.24. The fraction of sp³-hybridized carbons (Fsp3) is 0.714. The van der Waals surface area contributed by atoms with Gasteiger partial charge < -0.3 is 10.5 Å². The molecule has 0 radical (unpaired) electrons. The highest BCUT2D eigenvalue weighted by atomic mass is 16.6. The monoisotopic (exact) mass is 265 g/mol. The van der Waals surface area contributed by atoms with Crippen LogP contribution in [0.2, 0.25) is 0 Å². The topological polar surface area (TPSA) is 70.1 Å². The van der Waals surface area contributed by atoms with Gasteiger partial charge >= 0.3 is 6.09 Å². The van der Waals surface area contributed by atoms with E-state index in [1.807, 2.05) is 20.8 Å². The molecular formula is C14H23N3O2. The van der Waals surface area contributed by atoms with Crippen molar-refractivity contribution in [3.05, 3.63) is 18.2 Å². The molecule has 2 rings (SSSR count). The lowest BCUT2D eigenvalue weighted by Crippen LogP contribution is -2.36. The smallest absolute Gasteiger partial charge is 0.419 e. The van der Waals surface area contributed by atoms with Crippen LogP contribution in [0.4, 0.5) is 4.79 Å². The quantitative estimate of drug-likeness (QED) is 0.911. The summed E-state index contributed by atoms with van der Waals surface area (Å²) in [5, 5.41) is 0. The molecule has 5 heteroatoms. The molecule has 0 spiro atoms. The first-order valence-corrected chi connectivity index (χ1v) is 6.84. The predicted octanol–water partition coefficient (Wildman–Crippen LogP) is 2.44. The van der Waals surface area contributed by atoms with Crippen molar-refractivity contribution in [2.24, 2.45) is 5.73 Å². The normalized spacial score (nSPS) is 17.9. The SMILES string of the molecule is CC(C)(C)OC(=O)n1cnc(C2(CCN)CCC2)c1. The van der Waals surface area contributed by atoms with Crippen molar-refractivity contribution >= 4 is 6.09 Å². The third kappa shape index (κ3) is 2.97. The first-order chi connectivity index (χ1) is 8.86. The largest absolute Gasteiger partial charge is 0.443 e. The van der Waals surface area contributed by atoms with Crippen LogP contribution in [0.5, 0.6) is 0 Å². The summed E-state index contributed by atoms with van der Waals surface area (Å²) in [6.45, 7) is 6.21. The van der Waals surface area contributed by atoms with Crippen LogP contribution >= 0.6 is 0 Å². The van der Waals surface area contributed by atoms with Crippen molar-refractivity contribution in [2.45, 2.75) is 57.5 Å². The number of carbonyl (C=O) groups excluding carboxylic acids is 1. The van der Waals surface area contributed by atoms with E-state index in [9.17, 15) is 4.79 Å². The first kappa shape index (κ1) is 14.1. The van der Waals surface area contributed by atoms with E-state index < -0.39 is 5.60 Å². The van der Waals surface area contributed by atoms with Gasteiger partial charge in [-0.15, -0.1) is 0 Å². The van der Waals surface area contributed by atoms with Gasteiger partial charge in [0.1, 0.15) is 11.9 Å². The molecule has 2 N–H and O–H groups in total. The second-order valence-corrected chi connectivity index (χ2v) is 6.32. The Labute approximate surface area is 114 Å². The minimum Gasteiger partial charge on any atom is -0.443 e. The fourth-order valence-electron chi connectivity index (χ4n) is 2.53. The van der Waals surface area contributed by atoms with Crippen LogP contribution in [0.25, 0.3) is 0 Å². The molecule has 0 saturated heterocycles. The zero-order chi connectivity index (χ0) is 14.1. The van der Waals surface area contributed by atoms with Crippen molar-refractivity contribution in [3.8, 4) is 0 Å². The summed E-state index contributed by atoms with van der Waals surface area (Å²) in [5.74, 6) is 0. The number of carbonyl (C=O) groups is 1. The molecule has 19 heavy (non-hydrogen) atoms. The van der Waals surface area contributed by atoms with Crippen LogP contribution in [0.1, 0.15) is 52.1 Å². The fourth-order valence-corrected chi connectivity index (χ4v) is 2.53. The molecule has 0 bridgehead atoms. The molecule has 1 heterocycles. The number of rotatable bonds is 3. The van der Waals surface area contributed by atoms with Gasteiger partial charge in [-0.1, -0.05) is 6.42 Å². The molecule has 0 unspecified atom stereocenters. The molecular weight excluding hydrogens is 242 g/mol. The Bertz CT molecular complexity index is 456. The number of aromatic nitrogens is 2. The molecule has 106 valence electrons.